The van der Waals surface area contributed by atoms with Gasteiger partial charge in [0.15, 0.2) is 0 Å². The van der Waals surface area contributed by atoms with Crippen LogP contribution in [0.25, 0.3) is 10.2 Å². The molecule has 2 atom stereocenters. The number of carbonyl (C=O) groups is 1. The van der Waals surface area contributed by atoms with E-state index in [4.69, 9.17) is 9.47 Å². The Morgan fingerprint density at radius 2 is 2.00 bits per heavy atom. The first-order chi connectivity index (χ1) is 14.6. The van der Waals surface area contributed by atoms with Crippen molar-refractivity contribution in [3.63, 3.8) is 0 Å². The van der Waals surface area contributed by atoms with Crippen LogP contribution in [-0.2, 0) is 27.4 Å². The molecule has 0 aromatic carbocycles. The van der Waals surface area contributed by atoms with Gasteiger partial charge in [-0.15, -0.1) is 11.3 Å². The van der Waals surface area contributed by atoms with E-state index in [2.05, 4.69) is 12.2 Å². The second-order valence-electron chi connectivity index (χ2n) is 9.09. The van der Waals surface area contributed by atoms with E-state index in [9.17, 15) is 14.4 Å². The van der Waals surface area contributed by atoms with E-state index in [1.807, 2.05) is 27.7 Å². The number of rotatable bonds is 9. The van der Waals surface area contributed by atoms with Crippen molar-refractivity contribution in [1.82, 2.24) is 14.5 Å². The van der Waals surface area contributed by atoms with Crippen LogP contribution in [0, 0.1) is 12.8 Å². The number of fused-ring (bicyclic) bond motifs is 1. The molecule has 31 heavy (non-hydrogen) atoms. The SMILES string of the molecule is CCC1CC1n1c(=O)c2c(C)c(CNCC(=O)OC(C)(C)C)sc2n(CCOC)c1=O. The maximum atomic E-state index is 13.3. The van der Waals surface area contributed by atoms with Gasteiger partial charge in [0, 0.05) is 24.6 Å². The van der Waals surface area contributed by atoms with E-state index in [1.54, 1.807) is 11.7 Å². The molecule has 0 bridgehead atoms. The van der Waals surface area contributed by atoms with Gasteiger partial charge in [0.05, 0.1) is 25.1 Å². The Morgan fingerprint density at radius 1 is 1.29 bits per heavy atom. The van der Waals surface area contributed by atoms with Gasteiger partial charge in [0.2, 0.25) is 0 Å². The summed E-state index contributed by atoms with van der Waals surface area (Å²) in [6, 6.07) is -0.0174. The topological polar surface area (TPSA) is 91.6 Å². The number of esters is 1. The van der Waals surface area contributed by atoms with Crippen LogP contribution in [0.3, 0.4) is 0 Å². The van der Waals surface area contributed by atoms with Crippen molar-refractivity contribution in [1.29, 1.82) is 0 Å². The lowest BCUT2D eigenvalue weighted by atomic mass is 10.2. The third-order valence-corrected chi connectivity index (χ3v) is 6.89. The summed E-state index contributed by atoms with van der Waals surface area (Å²) in [5.74, 6) is 0.0533. The highest BCUT2D eigenvalue weighted by atomic mass is 32.1. The van der Waals surface area contributed by atoms with Gasteiger partial charge in [-0.1, -0.05) is 13.3 Å². The zero-order valence-electron chi connectivity index (χ0n) is 19.2. The van der Waals surface area contributed by atoms with Crippen LogP contribution >= 0.6 is 11.3 Å². The van der Waals surface area contributed by atoms with E-state index in [1.165, 1.54) is 15.9 Å². The summed E-state index contributed by atoms with van der Waals surface area (Å²) in [4.78, 5) is 40.1. The summed E-state index contributed by atoms with van der Waals surface area (Å²) in [7, 11) is 1.60. The summed E-state index contributed by atoms with van der Waals surface area (Å²) in [5, 5.41) is 3.70. The predicted octanol–water partition coefficient (Wildman–Crippen LogP) is 2.58. The van der Waals surface area contributed by atoms with Crippen molar-refractivity contribution < 1.29 is 14.3 Å². The van der Waals surface area contributed by atoms with Gasteiger partial charge in [-0.25, -0.2) is 4.79 Å². The highest BCUT2D eigenvalue weighted by molar-refractivity contribution is 7.18. The number of ether oxygens (including phenoxy) is 2. The maximum absolute atomic E-state index is 13.3. The van der Waals surface area contributed by atoms with E-state index in [0.29, 0.717) is 35.8 Å². The van der Waals surface area contributed by atoms with E-state index in [0.717, 1.165) is 23.3 Å². The zero-order chi connectivity index (χ0) is 22.9. The molecule has 172 valence electrons. The van der Waals surface area contributed by atoms with E-state index >= 15 is 0 Å². The Morgan fingerprint density at radius 3 is 2.58 bits per heavy atom. The van der Waals surface area contributed by atoms with Crippen LogP contribution in [0.5, 0.6) is 0 Å². The molecule has 1 saturated carbocycles. The monoisotopic (exact) mass is 451 g/mol. The first-order valence-electron chi connectivity index (χ1n) is 10.8. The predicted molar refractivity (Wildman–Crippen MR) is 122 cm³/mol. The molecule has 0 amide bonds. The summed E-state index contributed by atoms with van der Waals surface area (Å²) in [6.07, 6.45) is 1.82. The number of nitrogens with one attached hydrogen (secondary N) is 1. The highest BCUT2D eigenvalue weighted by Crippen LogP contribution is 2.44. The molecule has 2 aromatic rings. The molecular weight excluding hydrogens is 418 g/mol. The second-order valence-corrected chi connectivity index (χ2v) is 10.2. The van der Waals surface area contributed by atoms with Gasteiger partial charge in [-0.05, 0) is 45.6 Å². The van der Waals surface area contributed by atoms with Gasteiger partial charge >= 0.3 is 11.7 Å². The fourth-order valence-corrected chi connectivity index (χ4v) is 5.18. The molecule has 2 unspecified atom stereocenters. The average Bonchev–Trinajstić information content (AvgIpc) is 3.37. The maximum Gasteiger partial charge on any atom is 0.332 e. The summed E-state index contributed by atoms with van der Waals surface area (Å²) >= 11 is 1.42. The molecule has 9 heteroatoms. The van der Waals surface area contributed by atoms with Crippen molar-refractivity contribution in [3.05, 3.63) is 31.3 Å². The fourth-order valence-electron chi connectivity index (χ4n) is 3.89. The third kappa shape index (κ3) is 5.10. The van der Waals surface area contributed by atoms with Gasteiger partial charge < -0.3 is 14.8 Å². The van der Waals surface area contributed by atoms with Crippen molar-refractivity contribution in [2.75, 3.05) is 20.3 Å². The zero-order valence-corrected chi connectivity index (χ0v) is 20.1. The molecule has 2 heterocycles. The number of hydrogen-bond donors (Lipinski definition) is 1. The van der Waals surface area contributed by atoms with Gasteiger partial charge in [-0.2, -0.15) is 0 Å². The Balaban J connectivity index is 1.94. The molecule has 1 aliphatic carbocycles. The first-order valence-corrected chi connectivity index (χ1v) is 11.6. The van der Waals surface area contributed by atoms with Gasteiger partial charge in [0.1, 0.15) is 10.4 Å². The number of aromatic nitrogens is 2. The number of nitrogens with zero attached hydrogens (tertiary/aromatic N) is 2. The molecule has 0 spiro atoms. The minimum Gasteiger partial charge on any atom is -0.459 e. The van der Waals surface area contributed by atoms with E-state index in [-0.39, 0.29) is 29.8 Å². The van der Waals surface area contributed by atoms with Gasteiger partial charge in [-0.3, -0.25) is 18.7 Å². The smallest absolute Gasteiger partial charge is 0.332 e. The van der Waals surface area contributed by atoms with Crippen LogP contribution in [-0.4, -0.2) is 41.0 Å². The minimum atomic E-state index is -0.534. The Hall–Kier alpha value is -1.97. The first kappa shape index (κ1) is 23.7. The van der Waals surface area contributed by atoms with Crippen LogP contribution in [0.1, 0.15) is 57.0 Å². The van der Waals surface area contributed by atoms with Crippen molar-refractivity contribution in [3.8, 4) is 0 Å². The lowest BCUT2D eigenvalue weighted by molar-refractivity contribution is -0.153. The van der Waals surface area contributed by atoms with E-state index < -0.39 is 5.60 Å². The van der Waals surface area contributed by atoms with Crippen LogP contribution in [0.4, 0.5) is 0 Å². The molecule has 3 rings (SSSR count). The molecule has 1 fully saturated rings. The average molecular weight is 452 g/mol. The molecule has 2 aromatic heterocycles. The second kappa shape index (κ2) is 9.26. The van der Waals surface area contributed by atoms with Gasteiger partial charge in [0.25, 0.3) is 5.56 Å². The molecule has 0 radical (unpaired) electrons. The normalized spacial score (nSPS) is 18.5. The number of aryl methyl sites for hydroxylation is 1. The van der Waals surface area contributed by atoms with Crippen LogP contribution in [0.15, 0.2) is 9.59 Å². The van der Waals surface area contributed by atoms with Crippen molar-refractivity contribution in [2.24, 2.45) is 5.92 Å². The van der Waals surface area contributed by atoms with Crippen LogP contribution < -0.4 is 16.6 Å². The van der Waals surface area contributed by atoms with Crippen molar-refractivity contribution in [2.45, 2.75) is 72.2 Å². The molecule has 8 nitrogen and oxygen atoms in total. The summed E-state index contributed by atoms with van der Waals surface area (Å²) in [5.41, 5.74) is -0.143. The Bertz CT molecular complexity index is 1080. The Labute approximate surface area is 186 Å². The molecule has 0 saturated heterocycles. The Kier molecular flexibility index (Phi) is 7.08. The fraction of sp³-hybridized carbons (Fsp3) is 0.682. The third-order valence-electron chi connectivity index (χ3n) is 5.58. The lowest BCUT2D eigenvalue weighted by Crippen LogP contribution is -2.40. The molecular formula is C22H33N3O5S. The molecule has 0 aliphatic heterocycles. The van der Waals surface area contributed by atoms with Crippen molar-refractivity contribution >= 4 is 27.5 Å². The lowest BCUT2D eigenvalue weighted by Gasteiger charge is -2.19. The highest BCUT2D eigenvalue weighted by Gasteiger charge is 2.40. The number of hydrogen-bond acceptors (Lipinski definition) is 7. The minimum absolute atomic E-state index is 0.0174. The summed E-state index contributed by atoms with van der Waals surface area (Å²) in [6.45, 7) is 10.7. The number of carbonyl (C=O) groups excluding carboxylic acids is 1. The molecule has 1 aliphatic rings. The standard InChI is InChI=1S/C22H33N3O5S/c1-7-14-10-15(14)25-19(27)18-13(2)16(11-23-12-17(26)30-22(3,4)5)31-20(18)24(21(25)28)8-9-29-6/h14-15,23H,7-12H2,1-6H3. The quantitative estimate of drug-likeness (QED) is 0.589. The molecule has 1 N–H and O–H groups in total. The summed E-state index contributed by atoms with van der Waals surface area (Å²) < 4.78 is 13.6. The van der Waals surface area contributed by atoms with Crippen LogP contribution in [0.2, 0.25) is 0 Å². The number of methoxy groups -OCH3 is 1. The largest absolute Gasteiger partial charge is 0.459 e. The number of thiophene rings is 1.